The highest BCUT2D eigenvalue weighted by Crippen LogP contribution is 2.37. The van der Waals surface area contributed by atoms with Crippen molar-refractivity contribution in [3.63, 3.8) is 0 Å². The van der Waals surface area contributed by atoms with Gasteiger partial charge in [-0.1, -0.05) is 30.3 Å². The number of hydrogen-bond donors (Lipinski definition) is 0. The molecule has 6 nitrogen and oxygen atoms in total. The Morgan fingerprint density at radius 1 is 1.09 bits per heavy atom. The molecule has 9 heteroatoms. The molecule has 176 valence electrons. The molecule has 0 fully saturated rings. The molecule has 0 N–H and O–H groups in total. The monoisotopic (exact) mass is 462 g/mol. The van der Waals surface area contributed by atoms with Gasteiger partial charge in [0.05, 0.1) is 45.3 Å². The fourth-order valence-electron chi connectivity index (χ4n) is 3.92. The number of ether oxygens (including phenoxy) is 4. The average molecular weight is 462 g/mol. The second kappa shape index (κ2) is 9.84. The molecule has 3 aromatic rings. The molecule has 1 aliphatic rings. The van der Waals surface area contributed by atoms with Gasteiger partial charge in [-0.3, -0.25) is 0 Å². The Morgan fingerprint density at radius 3 is 2.61 bits per heavy atom. The maximum absolute atomic E-state index is 12.7. The van der Waals surface area contributed by atoms with Crippen LogP contribution < -0.4 is 9.47 Å². The standard InChI is InChI=1S/C24H25F3N2O4/c1-16-13-31-11-10-20-19(15-32-14-17-6-4-3-5-7-17)28-23(29(16)20)18-8-9-21(22(12-18)30-2)33-24(25,26)27/h3-9,12,16H,10-11,13-15H2,1-2H3. The van der Waals surface area contributed by atoms with E-state index in [4.69, 9.17) is 19.2 Å². The molecule has 0 saturated carbocycles. The number of halogens is 3. The highest BCUT2D eigenvalue weighted by molar-refractivity contribution is 5.63. The molecule has 0 spiro atoms. The largest absolute Gasteiger partial charge is 0.573 e. The smallest absolute Gasteiger partial charge is 0.493 e. The van der Waals surface area contributed by atoms with E-state index in [0.717, 1.165) is 17.0 Å². The predicted molar refractivity (Wildman–Crippen MR) is 115 cm³/mol. The van der Waals surface area contributed by atoms with Crippen LogP contribution in [0.25, 0.3) is 11.4 Å². The number of aromatic nitrogens is 2. The van der Waals surface area contributed by atoms with Crippen LogP contribution in [0.1, 0.15) is 29.9 Å². The number of fused-ring (bicyclic) bond motifs is 1. The minimum Gasteiger partial charge on any atom is -0.493 e. The van der Waals surface area contributed by atoms with Gasteiger partial charge >= 0.3 is 6.36 Å². The normalized spacial score (nSPS) is 16.2. The predicted octanol–water partition coefficient (Wildman–Crippen LogP) is 5.31. The minimum atomic E-state index is -4.81. The lowest BCUT2D eigenvalue weighted by molar-refractivity contribution is -0.275. The second-order valence-electron chi connectivity index (χ2n) is 7.76. The molecule has 2 heterocycles. The summed E-state index contributed by atoms with van der Waals surface area (Å²) in [6.45, 7) is 3.85. The molecular weight excluding hydrogens is 437 g/mol. The van der Waals surface area contributed by atoms with Crippen LogP contribution in [0.15, 0.2) is 48.5 Å². The molecule has 2 aromatic carbocycles. The van der Waals surface area contributed by atoms with Crippen molar-refractivity contribution < 1.29 is 32.1 Å². The van der Waals surface area contributed by atoms with E-state index in [-0.39, 0.29) is 11.8 Å². The van der Waals surface area contributed by atoms with Gasteiger partial charge < -0.3 is 23.5 Å². The van der Waals surface area contributed by atoms with Crippen LogP contribution in [0.4, 0.5) is 13.2 Å². The molecule has 33 heavy (non-hydrogen) atoms. The zero-order chi connectivity index (χ0) is 23.4. The van der Waals surface area contributed by atoms with Crippen LogP contribution in [0.3, 0.4) is 0 Å². The van der Waals surface area contributed by atoms with Gasteiger partial charge in [0.1, 0.15) is 5.82 Å². The van der Waals surface area contributed by atoms with Crippen molar-refractivity contribution >= 4 is 0 Å². The van der Waals surface area contributed by atoms with E-state index in [2.05, 4.69) is 9.30 Å². The van der Waals surface area contributed by atoms with Crippen LogP contribution in [0, 0.1) is 0 Å². The van der Waals surface area contributed by atoms with Crippen LogP contribution in [-0.2, 0) is 29.1 Å². The topological polar surface area (TPSA) is 54.7 Å². The first kappa shape index (κ1) is 23.1. The van der Waals surface area contributed by atoms with E-state index in [9.17, 15) is 13.2 Å². The lowest BCUT2D eigenvalue weighted by Gasteiger charge is -2.17. The molecule has 4 rings (SSSR count). The van der Waals surface area contributed by atoms with Crippen molar-refractivity contribution in [1.82, 2.24) is 9.55 Å². The summed E-state index contributed by atoms with van der Waals surface area (Å²) in [7, 11) is 1.30. The molecule has 0 aliphatic carbocycles. The van der Waals surface area contributed by atoms with Gasteiger partial charge in [-0.05, 0) is 30.7 Å². The van der Waals surface area contributed by atoms with E-state index in [1.165, 1.54) is 19.2 Å². The molecule has 0 bridgehead atoms. The van der Waals surface area contributed by atoms with Crippen molar-refractivity contribution in [2.45, 2.75) is 39.0 Å². The first-order valence-electron chi connectivity index (χ1n) is 10.6. The molecular formula is C24H25F3N2O4. The maximum Gasteiger partial charge on any atom is 0.573 e. The van der Waals surface area contributed by atoms with E-state index in [0.29, 0.717) is 44.2 Å². The molecule has 0 radical (unpaired) electrons. The van der Waals surface area contributed by atoms with Gasteiger partial charge in [-0.2, -0.15) is 0 Å². The maximum atomic E-state index is 12.7. The Hall–Kier alpha value is -3.04. The van der Waals surface area contributed by atoms with Gasteiger partial charge in [-0.15, -0.1) is 13.2 Å². The molecule has 1 unspecified atom stereocenters. The number of hydrogen-bond acceptors (Lipinski definition) is 5. The van der Waals surface area contributed by atoms with Crippen LogP contribution in [0.2, 0.25) is 0 Å². The third-order valence-electron chi connectivity index (χ3n) is 5.37. The molecule has 0 saturated heterocycles. The Balaban J connectivity index is 1.66. The molecule has 1 aromatic heterocycles. The first-order chi connectivity index (χ1) is 15.9. The quantitative estimate of drug-likeness (QED) is 0.477. The summed E-state index contributed by atoms with van der Waals surface area (Å²) in [6.07, 6.45) is -4.15. The third-order valence-corrected chi connectivity index (χ3v) is 5.37. The van der Waals surface area contributed by atoms with Gasteiger partial charge in [-0.25, -0.2) is 4.98 Å². The van der Waals surface area contributed by atoms with Crippen molar-refractivity contribution in [2.75, 3.05) is 20.3 Å². The number of benzene rings is 2. The first-order valence-corrected chi connectivity index (χ1v) is 10.6. The number of nitrogens with zero attached hydrogens (tertiary/aromatic N) is 2. The van der Waals surface area contributed by atoms with Crippen LogP contribution in [-0.4, -0.2) is 36.2 Å². The summed E-state index contributed by atoms with van der Waals surface area (Å²) in [6, 6.07) is 14.1. The van der Waals surface area contributed by atoms with E-state index in [1.807, 2.05) is 37.3 Å². The highest BCUT2D eigenvalue weighted by atomic mass is 19.4. The minimum absolute atomic E-state index is 0.00929. The Kier molecular flexibility index (Phi) is 6.90. The average Bonchev–Trinajstić information content (AvgIpc) is 3.03. The summed E-state index contributed by atoms with van der Waals surface area (Å²) < 4.78 is 61.1. The Morgan fingerprint density at radius 2 is 1.88 bits per heavy atom. The van der Waals surface area contributed by atoms with E-state index < -0.39 is 12.1 Å². The third kappa shape index (κ3) is 5.48. The SMILES string of the molecule is COc1cc(-c2nc(COCc3ccccc3)c3n2C(C)COCC3)ccc1OC(F)(F)F. The summed E-state index contributed by atoms with van der Waals surface area (Å²) in [5.74, 6) is 0.193. The molecule has 1 atom stereocenters. The zero-order valence-electron chi connectivity index (χ0n) is 18.4. The molecule has 1 aliphatic heterocycles. The summed E-state index contributed by atoms with van der Waals surface area (Å²) in [5, 5.41) is 0. The van der Waals surface area contributed by atoms with Gasteiger partial charge in [0.2, 0.25) is 0 Å². The molecule has 0 amide bonds. The highest BCUT2D eigenvalue weighted by Gasteiger charge is 2.33. The summed E-state index contributed by atoms with van der Waals surface area (Å²) in [4.78, 5) is 4.83. The fourth-order valence-corrected chi connectivity index (χ4v) is 3.92. The Labute approximate surface area is 189 Å². The van der Waals surface area contributed by atoms with Gasteiger partial charge in [0, 0.05) is 17.7 Å². The van der Waals surface area contributed by atoms with Crippen molar-refractivity contribution in [2.24, 2.45) is 0 Å². The number of alkyl halides is 3. The van der Waals surface area contributed by atoms with Crippen molar-refractivity contribution in [1.29, 1.82) is 0 Å². The number of rotatable bonds is 7. The second-order valence-corrected chi connectivity index (χ2v) is 7.76. The summed E-state index contributed by atoms with van der Waals surface area (Å²) >= 11 is 0. The zero-order valence-corrected chi connectivity index (χ0v) is 18.4. The van der Waals surface area contributed by atoms with Crippen LogP contribution in [0.5, 0.6) is 11.5 Å². The number of imidazole rings is 1. The fraction of sp³-hybridized carbons (Fsp3) is 0.375. The van der Waals surface area contributed by atoms with Crippen molar-refractivity contribution in [3.05, 3.63) is 65.5 Å². The van der Waals surface area contributed by atoms with E-state index >= 15 is 0 Å². The van der Waals surface area contributed by atoms with Crippen molar-refractivity contribution in [3.8, 4) is 22.9 Å². The van der Waals surface area contributed by atoms with Gasteiger partial charge in [0.25, 0.3) is 0 Å². The van der Waals surface area contributed by atoms with Crippen LogP contribution >= 0.6 is 0 Å². The van der Waals surface area contributed by atoms with E-state index in [1.54, 1.807) is 6.07 Å². The lowest BCUT2D eigenvalue weighted by atomic mass is 10.1. The number of methoxy groups -OCH3 is 1. The summed E-state index contributed by atoms with van der Waals surface area (Å²) in [5.41, 5.74) is 3.46. The lowest BCUT2D eigenvalue weighted by Crippen LogP contribution is -2.17. The van der Waals surface area contributed by atoms with Gasteiger partial charge in [0.15, 0.2) is 11.5 Å². The Bertz CT molecular complexity index is 1080.